The Hall–Kier alpha value is -1.03. The van der Waals surface area contributed by atoms with Crippen LogP contribution in [0.5, 0.6) is 0 Å². The minimum atomic E-state index is -3.25. The fraction of sp³-hybridized carbons (Fsp3) is 0.846. The van der Waals surface area contributed by atoms with Crippen molar-refractivity contribution in [2.75, 3.05) is 24.7 Å². The Kier molecular flexibility index (Phi) is 5.54. The van der Waals surface area contributed by atoms with Crippen molar-refractivity contribution in [3.8, 4) is 0 Å². The minimum absolute atomic E-state index is 0.124. The Balaban J connectivity index is 2.07. The Bertz CT molecular complexity index is 586. The molecule has 1 saturated heterocycles. The number of hydrogen-bond acceptors (Lipinski definition) is 8. The highest BCUT2D eigenvalue weighted by molar-refractivity contribution is 7.91. The molecule has 2 atom stereocenters. The summed E-state index contributed by atoms with van der Waals surface area (Å²) < 4.78 is 28.4. The Morgan fingerprint density at radius 3 is 2.68 bits per heavy atom. The third kappa shape index (κ3) is 4.48. The molecule has 0 saturated carbocycles. The van der Waals surface area contributed by atoms with Gasteiger partial charge in [0.2, 0.25) is 5.89 Å². The molecule has 0 spiro atoms. The summed E-state index contributed by atoms with van der Waals surface area (Å²) in [5.74, 6) is 0.998. The van der Waals surface area contributed by atoms with E-state index in [-0.39, 0.29) is 31.2 Å². The third-order valence-electron chi connectivity index (χ3n) is 3.59. The number of aromatic nitrogens is 2. The van der Waals surface area contributed by atoms with E-state index in [1.807, 2.05) is 13.8 Å². The minimum Gasteiger partial charge on any atom is -0.395 e. The summed E-state index contributed by atoms with van der Waals surface area (Å²) in [6.07, 6.45) is -0.265. The number of nitrogens with zero attached hydrogens (tertiary/aromatic N) is 3. The first-order chi connectivity index (χ1) is 10.3. The van der Waals surface area contributed by atoms with Crippen LogP contribution >= 0.6 is 0 Å². The topological polar surface area (TPSA) is 117 Å². The van der Waals surface area contributed by atoms with E-state index in [1.54, 1.807) is 4.90 Å². The van der Waals surface area contributed by atoms with E-state index in [2.05, 4.69) is 10.1 Å². The SMILES string of the molecule is CC(C)Cc1noc(CN(CCO)[C@H]2CS(=O)(=O)C[C@H]2O)n1. The first-order valence-electron chi connectivity index (χ1n) is 7.35. The maximum absolute atomic E-state index is 11.6. The summed E-state index contributed by atoms with van der Waals surface area (Å²) >= 11 is 0. The molecule has 2 heterocycles. The zero-order chi connectivity index (χ0) is 16.3. The van der Waals surface area contributed by atoms with Gasteiger partial charge in [-0.1, -0.05) is 19.0 Å². The molecule has 0 aromatic carbocycles. The van der Waals surface area contributed by atoms with E-state index in [0.29, 0.717) is 24.1 Å². The predicted molar refractivity (Wildman–Crippen MR) is 78.8 cm³/mol. The molecule has 2 rings (SSSR count). The van der Waals surface area contributed by atoms with Gasteiger partial charge in [0, 0.05) is 13.0 Å². The zero-order valence-corrected chi connectivity index (χ0v) is 13.7. The highest BCUT2D eigenvalue weighted by Gasteiger charge is 2.40. The Labute approximate surface area is 130 Å². The first-order valence-corrected chi connectivity index (χ1v) is 9.17. The van der Waals surface area contributed by atoms with Gasteiger partial charge in [0.15, 0.2) is 15.7 Å². The smallest absolute Gasteiger partial charge is 0.240 e. The van der Waals surface area contributed by atoms with Gasteiger partial charge >= 0.3 is 0 Å². The molecular formula is C13H23N3O5S. The number of sulfone groups is 1. The van der Waals surface area contributed by atoms with Crippen molar-refractivity contribution in [3.63, 3.8) is 0 Å². The maximum Gasteiger partial charge on any atom is 0.240 e. The predicted octanol–water partition coefficient (Wildman–Crippen LogP) is -0.780. The number of hydrogen-bond donors (Lipinski definition) is 2. The van der Waals surface area contributed by atoms with Crippen molar-refractivity contribution >= 4 is 9.84 Å². The van der Waals surface area contributed by atoms with Gasteiger partial charge in [-0.15, -0.1) is 0 Å². The van der Waals surface area contributed by atoms with Crippen LogP contribution in [-0.4, -0.2) is 70.5 Å². The number of rotatable bonds is 7. The van der Waals surface area contributed by atoms with Crippen molar-refractivity contribution in [1.82, 2.24) is 15.0 Å². The molecule has 1 aromatic rings. The molecule has 1 aliphatic rings. The van der Waals surface area contributed by atoms with Gasteiger partial charge in [0.1, 0.15) is 0 Å². The molecule has 0 radical (unpaired) electrons. The lowest BCUT2D eigenvalue weighted by atomic mass is 10.1. The van der Waals surface area contributed by atoms with Crippen LogP contribution in [0.1, 0.15) is 25.6 Å². The van der Waals surface area contributed by atoms with Crippen LogP contribution in [-0.2, 0) is 22.8 Å². The second-order valence-corrected chi connectivity index (χ2v) is 8.26. The molecule has 1 aromatic heterocycles. The van der Waals surface area contributed by atoms with Gasteiger partial charge in [0.25, 0.3) is 0 Å². The summed E-state index contributed by atoms with van der Waals surface area (Å²) in [6, 6.07) is -0.558. The van der Waals surface area contributed by atoms with Crippen LogP contribution in [0.2, 0.25) is 0 Å². The molecule has 0 bridgehead atoms. The lowest BCUT2D eigenvalue weighted by molar-refractivity contribution is 0.0588. The number of aliphatic hydroxyl groups excluding tert-OH is 2. The fourth-order valence-electron chi connectivity index (χ4n) is 2.63. The van der Waals surface area contributed by atoms with E-state index < -0.39 is 22.0 Å². The largest absolute Gasteiger partial charge is 0.395 e. The lowest BCUT2D eigenvalue weighted by Crippen LogP contribution is -2.44. The Morgan fingerprint density at radius 1 is 1.41 bits per heavy atom. The van der Waals surface area contributed by atoms with Crippen LogP contribution in [0.15, 0.2) is 4.52 Å². The van der Waals surface area contributed by atoms with Crippen LogP contribution in [0, 0.1) is 5.92 Å². The van der Waals surface area contributed by atoms with Gasteiger partial charge in [-0.2, -0.15) is 4.98 Å². The highest BCUT2D eigenvalue weighted by Crippen LogP contribution is 2.20. The van der Waals surface area contributed by atoms with Gasteiger partial charge in [-0.05, 0) is 5.92 Å². The molecule has 0 amide bonds. The van der Waals surface area contributed by atoms with Crippen molar-refractivity contribution in [2.45, 2.75) is 39.0 Å². The van der Waals surface area contributed by atoms with Gasteiger partial charge in [0.05, 0.1) is 36.8 Å². The average Bonchev–Trinajstić information content (AvgIpc) is 2.92. The monoisotopic (exact) mass is 333 g/mol. The highest BCUT2D eigenvalue weighted by atomic mass is 32.2. The molecule has 8 nitrogen and oxygen atoms in total. The van der Waals surface area contributed by atoms with Gasteiger partial charge < -0.3 is 14.7 Å². The fourth-order valence-corrected chi connectivity index (χ4v) is 4.46. The molecule has 126 valence electrons. The van der Waals surface area contributed by atoms with Gasteiger partial charge in [-0.25, -0.2) is 8.42 Å². The van der Waals surface area contributed by atoms with E-state index in [0.717, 1.165) is 0 Å². The first kappa shape index (κ1) is 17.3. The van der Waals surface area contributed by atoms with Crippen molar-refractivity contribution in [3.05, 3.63) is 11.7 Å². The molecule has 9 heteroatoms. The van der Waals surface area contributed by atoms with Crippen LogP contribution < -0.4 is 0 Å². The molecule has 1 fully saturated rings. The standard InChI is InChI=1S/C13H23N3O5S/c1-9(2)5-12-14-13(21-15-12)6-16(3-4-17)10-7-22(19,20)8-11(10)18/h9-11,17-18H,3-8H2,1-2H3/t10-,11+/m0/s1. The van der Waals surface area contributed by atoms with E-state index >= 15 is 0 Å². The van der Waals surface area contributed by atoms with Crippen LogP contribution in [0.4, 0.5) is 0 Å². The molecule has 1 aliphatic heterocycles. The molecule has 0 aliphatic carbocycles. The van der Waals surface area contributed by atoms with E-state index in [1.165, 1.54) is 0 Å². The van der Waals surface area contributed by atoms with E-state index in [9.17, 15) is 18.6 Å². The summed E-state index contributed by atoms with van der Waals surface area (Å²) in [5, 5.41) is 23.0. The van der Waals surface area contributed by atoms with Crippen LogP contribution in [0.3, 0.4) is 0 Å². The van der Waals surface area contributed by atoms with Crippen LogP contribution in [0.25, 0.3) is 0 Å². The quantitative estimate of drug-likeness (QED) is 0.667. The summed E-state index contributed by atoms with van der Waals surface area (Å²) in [6.45, 7) is 4.40. The molecule has 0 unspecified atom stereocenters. The third-order valence-corrected chi connectivity index (χ3v) is 5.29. The maximum atomic E-state index is 11.6. The summed E-state index contributed by atoms with van der Waals surface area (Å²) in [7, 11) is -3.25. The van der Waals surface area contributed by atoms with Crippen molar-refractivity contribution in [2.24, 2.45) is 5.92 Å². The average molecular weight is 333 g/mol. The normalized spacial score (nSPS) is 24.5. The summed E-state index contributed by atoms with van der Waals surface area (Å²) in [5.41, 5.74) is 0. The Morgan fingerprint density at radius 2 is 2.14 bits per heavy atom. The second-order valence-electron chi connectivity index (χ2n) is 6.11. The number of aliphatic hydroxyl groups is 2. The summed E-state index contributed by atoms with van der Waals surface area (Å²) in [4.78, 5) is 5.96. The second kappa shape index (κ2) is 7.03. The lowest BCUT2D eigenvalue weighted by Gasteiger charge is -2.27. The van der Waals surface area contributed by atoms with Crippen molar-refractivity contribution in [1.29, 1.82) is 0 Å². The van der Waals surface area contributed by atoms with E-state index in [4.69, 9.17) is 4.52 Å². The zero-order valence-electron chi connectivity index (χ0n) is 12.8. The van der Waals surface area contributed by atoms with Gasteiger partial charge in [-0.3, -0.25) is 4.90 Å². The molecule has 22 heavy (non-hydrogen) atoms. The van der Waals surface area contributed by atoms with Crippen molar-refractivity contribution < 1.29 is 23.2 Å². The molecular weight excluding hydrogens is 310 g/mol. The molecule has 2 N–H and O–H groups in total.